The first-order valence-corrected chi connectivity index (χ1v) is 5.04. The standard InChI is InChI=1S/C9H11BrN2O2/c10-7-2-4-11-8(6-7)9(14)12-3-1-5-13/h2,4,6,13H,1,3,5H2,(H,12,14). The second kappa shape index (κ2) is 5.72. The molecule has 1 rings (SSSR count). The average Bonchev–Trinajstić information content (AvgIpc) is 2.18. The van der Waals surface area contributed by atoms with E-state index in [-0.39, 0.29) is 12.5 Å². The second-order valence-electron chi connectivity index (χ2n) is 2.69. The smallest absolute Gasteiger partial charge is 0.269 e. The van der Waals surface area contributed by atoms with Crippen molar-refractivity contribution >= 4 is 21.8 Å². The molecule has 0 unspecified atom stereocenters. The summed E-state index contributed by atoms with van der Waals surface area (Å²) >= 11 is 3.25. The summed E-state index contributed by atoms with van der Waals surface area (Å²) in [5.41, 5.74) is 0.373. The molecule has 0 bridgehead atoms. The molecule has 1 heterocycles. The minimum atomic E-state index is -0.222. The summed E-state index contributed by atoms with van der Waals surface area (Å²) in [6, 6.07) is 3.40. The van der Waals surface area contributed by atoms with Gasteiger partial charge in [-0.1, -0.05) is 15.9 Å². The molecular weight excluding hydrogens is 248 g/mol. The largest absolute Gasteiger partial charge is 0.396 e. The summed E-state index contributed by atoms with van der Waals surface area (Å²) in [5.74, 6) is -0.222. The number of amides is 1. The first-order valence-electron chi connectivity index (χ1n) is 4.24. The molecule has 0 atom stereocenters. The van der Waals surface area contributed by atoms with Crippen molar-refractivity contribution in [3.05, 3.63) is 28.5 Å². The van der Waals surface area contributed by atoms with E-state index in [1.807, 2.05) is 0 Å². The van der Waals surface area contributed by atoms with Gasteiger partial charge in [0, 0.05) is 23.8 Å². The number of carbonyl (C=O) groups is 1. The third kappa shape index (κ3) is 3.43. The van der Waals surface area contributed by atoms with Gasteiger partial charge in [-0.05, 0) is 18.6 Å². The molecule has 4 nitrogen and oxygen atoms in total. The number of nitrogens with zero attached hydrogens (tertiary/aromatic N) is 1. The second-order valence-corrected chi connectivity index (χ2v) is 3.61. The summed E-state index contributed by atoms with van der Waals surface area (Å²) < 4.78 is 0.819. The first-order chi connectivity index (χ1) is 6.74. The Bertz CT molecular complexity index is 317. The fraction of sp³-hybridized carbons (Fsp3) is 0.333. The van der Waals surface area contributed by atoms with Gasteiger partial charge in [0.2, 0.25) is 0 Å². The van der Waals surface area contributed by atoms with E-state index in [0.717, 1.165) is 4.47 Å². The van der Waals surface area contributed by atoms with Crippen LogP contribution in [-0.4, -0.2) is 29.1 Å². The summed E-state index contributed by atoms with van der Waals surface area (Å²) in [6.07, 6.45) is 2.12. The SMILES string of the molecule is O=C(NCCCO)c1cc(Br)ccn1. The monoisotopic (exact) mass is 258 g/mol. The van der Waals surface area contributed by atoms with E-state index >= 15 is 0 Å². The van der Waals surface area contributed by atoms with Gasteiger partial charge in [-0.3, -0.25) is 9.78 Å². The van der Waals surface area contributed by atoms with Gasteiger partial charge in [0.1, 0.15) is 5.69 Å². The van der Waals surface area contributed by atoms with E-state index in [2.05, 4.69) is 26.2 Å². The van der Waals surface area contributed by atoms with E-state index in [0.29, 0.717) is 18.7 Å². The van der Waals surface area contributed by atoms with Crippen LogP contribution in [-0.2, 0) is 0 Å². The topological polar surface area (TPSA) is 62.2 Å². The van der Waals surface area contributed by atoms with Gasteiger partial charge in [-0.2, -0.15) is 0 Å². The lowest BCUT2D eigenvalue weighted by Gasteiger charge is -2.02. The molecule has 0 spiro atoms. The van der Waals surface area contributed by atoms with Gasteiger partial charge in [0.05, 0.1) is 0 Å². The minimum absolute atomic E-state index is 0.0756. The molecule has 1 aromatic heterocycles. The van der Waals surface area contributed by atoms with Crippen LogP contribution in [0.15, 0.2) is 22.8 Å². The van der Waals surface area contributed by atoms with Crippen LogP contribution in [0, 0.1) is 0 Å². The molecular formula is C9H11BrN2O2. The van der Waals surface area contributed by atoms with Crippen molar-refractivity contribution in [1.29, 1.82) is 0 Å². The molecule has 5 heteroatoms. The number of rotatable bonds is 4. The van der Waals surface area contributed by atoms with E-state index in [1.165, 1.54) is 0 Å². The number of aliphatic hydroxyl groups is 1. The molecule has 0 aliphatic carbocycles. The molecule has 0 saturated carbocycles. The Morgan fingerprint density at radius 1 is 1.64 bits per heavy atom. The first kappa shape index (κ1) is 11.1. The Kier molecular flexibility index (Phi) is 4.55. The molecule has 0 aliphatic heterocycles. The predicted octanol–water partition coefficient (Wildman–Crippen LogP) is 0.956. The van der Waals surface area contributed by atoms with E-state index < -0.39 is 0 Å². The van der Waals surface area contributed by atoms with E-state index in [1.54, 1.807) is 18.3 Å². The highest BCUT2D eigenvalue weighted by Crippen LogP contribution is 2.08. The van der Waals surface area contributed by atoms with Crippen LogP contribution in [0.1, 0.15) is 16.9 Å². The van der Waals surface area contributed by atoms with Crippen LogP contribution in [0.4, 0.5) is 0 Å². The molecule has 0 radical (unpaired) electrons. The van der Waals surface area contributed by atoms with Crippen molar-refractivity contribution in [2.24, 2.45) is 0 Å². The number of aliphatic hydroxyl groups excluding tert-OH is 1. The van der Waals surface area contributed by atoms with Crippen LogP contribution >= 0.6 is 15.9 Å². The molecule has 1 aromatic rings. The fourth-order valence-corrected chi connectivity index (χ4v) is 1.24. The lowest BCUT2D eigenvalue weighted by molar-refractivity contribution is 0.0946. The normalized spacial score (nSPS) is 9.86. The van der Waals surface area contributed by atoms with Gasteiger partial charge >= 0.3 is 0 Å². The summed E-state index contributed by atoms with van der Waals surface area (Å²) in [7, 11) is 0. The summed E-state index contributed by atoms with van der Waals surface area (Å²) in [6.45, 7) is 0.537. The number of pyridine rings is 1. The van der Waals surface area contributed by atoms with Crippen LogP contribution in [0.2, 0.25) is 0 Å². The molecule has 14 heavy (non-hydrogen) atoms. The number of hydrogen-bond donors (Lipinski definition) is 2. The lowest BCUT2D eigenvalue weighted by atomic mass is 10.3. The summed E-state index contributed by atoms with van der Waals surface area (Å²) in [4.78, 5) is 15.3. The van der Waals surface area contributed by atoms with Gasteiger partial charge in [-0.25, -0.2) is 0 Å². The molecule has 0 aliphatic rings. The Morgan fingerprint density at radius 3 is 3.07 bits per heavy atom. The Hall–Kier alpha value is -0.940. The average molecular weight is 259 g/mol. The molecule has 0 saturated heterocycles. The zero-order valence-electron chi connectivity index (χ0n) is 7.53. The Morgan fingerprint density at radius 2 is 2.43 bits per heavy atom. The van der Waals surface area contributed by atoms with E-state index in [4.69, 9.17) is 5.11 Å². The van der Waals surface area contributed by atoms with Crippen molar-refractivity contribution in [1.82, 2.24) is 10.3 Å². The Labute approximate surface area is 90.5 Å². The highest BCUT2D eigenvalue weighted by Gasteiger charge is 2.05. The van der Waals surface area contributed by atoms with Crippen molar-refractivity contribution < 1.29 is 9.90 Å². The number of aromatic nitrogens is 1. The Balaban J connectivity index is 2.52. The third-order valence-electron chi connectivity index (χ3n) is 1.58. The van der Waals surface area contributed by atoms with E-state index in [9.17, 15) is 4.79 Å². The zero-order valence-corrected chi connectivity index (χ0v) is 9.12. The van der Waals surface area contributed by atoms with Gasteiger partial charge < -0.3 is 10.4 Å². The minimum Gasteiger partial charge on any atom is -0.396 e. The maximum atomic E-state index is 11.4. The molecule has 0 aromatic carbocycles. The van der Waals surface area contributed by atoms with Gasteiger partial charge in [0.15, 0.2) is 0 Å². The molecule has 1 amide bonds. The number of nitrogens with one attached hydrogen (secondary N) is 1. The van der Waals surface area contributed by atoms with Crippen molar-refractivity contribution in [2.45, 2.75) is 6.42 Å². The quantitative estimate of drug-likeness (QED) is 0.791. The number of halogens is 1. The maximum absolute atomic E-state index is 11.4. The number of hydrogen-bond acceptors (Lipinski definition) is 3. The molecule has 0 fully saturated rings. The van der Waals surface area contributed by atoms with Crippen LogP contribution < -0.4 is 5.32 Å². The fourth-order valence-electron chi connectivity index (χ4n) is 0.900. The maximum Gasteiger partial charge on any atom is 0.269 e. The van der Waals surface area contributed by atoms with Gasteiger partial charge in [0.25, 0.3) is 5.91 Å². The predicted molar refractivity (Wildman–Crippen MR) is 56.0 cm³/mol. The zero-order chi connectivity index (χ0) is 10.4. The van der Waals surface area contributed by atoms with Crippen molar-refractivity contribution in [2.75, 3.05) is 13.2 Å². The molecule has 2 N–H and O–H groups in total. The molecule has 76 valence electrons. The van der Waals surface area contributed by atoms with Crippen LogP contribution in [0.5, 0.6) is 0 Å². The van der Waals surface area contributed by atoms with Crippen LogP contribution in [0.3, 0.4) is 0 Å². The highest BCUT2D eigenvalue weighted by molar-refractivity contribution is 9.10. The third-order valence-corrected chi connectivity index (χ3v) is 2.07. The summed E-state index contributed by atoms with van der Waals surface area (Å²) in [5, 5.41) is 11.2. The van der Waals surface area contributed by atoms with Crippen molar-refractivity contribution in [3.63, 3.8) is 0 Å². The van der Waals surface area contributed by atoms with Gasteiger partial charge in [-0.15, -0.1) is 0 Å². The van der Waals surface area contributed by atoms with Crippen molar-refractivity contribution in [3.8, 4) is 0 Å². The highest BCUT2D eigenvalue weighted by atomic mass is 79.9. The van der Waals surface area contributed by atoms with Crippen LogP contribution in [0.25, 0.3) is 0 Å². The lowest BCUT2D eigenvalue weighted by Crippen LogP contribution is -2.25. The number of carbonyl (C=O) groups excluding carboxylic acids is 1.